The molecule has 2 nitrogen and oxygen atoms in total. The molecular weight excluding hydrogens is 232 g/mol. The third-order valence-corrected chi connectivity index (χ3v) is 3.38. The van der Waals surface area contributed by atoms with Crippen molar-refractivity contribution >= 4 is 5.69 Å². The largest absolute Gasteiger partial charge is 0.378 e. The Morgan fingerprint density at radius 1 is 1.21 bits per heavy atom. The van der Waals surface area contributed by atoms with Crippen molar-refractivity contribution < 1.29 is 0 Å². The first-order valence-corrected chi connectivity index (χ1v) is 7.09. The first-order chi connectivity index (χ1) is 9.33. The number of hydrogen-bond acceptors (Lipinski definition) is 2. The maximum atomic E-state index is 4.19. The Morgan fingerprint density at radius 3 is 2.79 bits per heavy atom. The van der Waals surface area contributed by atoms with Gasteiger partial charge in [0.05, 0.1) is 6.04 Å². The second kappa shape index (κ2) is 6.37. The molecule has 0 bridgehead atoms. The van der Waals surface area contributed by atoms with Crippen LogP contribution in [0.3, 0.4) is 0 Å². The van der Waals surface area contributed by atoms with E-state index >= 15 is 0 Å². The van der Waals surface area contributed by atoms with Crippen molar-refractivity contribution in [3.05, 3.63) is 59.4 Å². The van der Waals surface area contributed by atoms with Crippen LogP contribution in [0.15, 0.2) is 42.7 Å². The molecule has 2 aromatic rings. The molecule has 0 saturated carbocycles. The van der Waals surface area contributed by atoms with E-state index in [4.69, 9.17) is 0 Å². The summed E-state index contributed by atoms with van der Waals surface area (Å²) in [5.41, 5.74) is 5.32. The standard InChI is InChI=1S/C15H16N2.C2H6/c1-11-4-6-14-12(9-11)5-7-15(17-14)13-3-2-8-16-10-13;1-2/h2-4,6,8-10,15,17H,5,7H2,1H3;1-2H3. The third-order valence-electron chi connectivity index (χ3n) is 3.38. The second-order valence-corrected chi connectivity index (χ2v) is 4.68. The molecular formula is C17H22N2. The summed E-state index contributed by atoms with van der Waals surface area (Å²) in [4.78, 5) is 4.19. The highest BCUT2D eigenvalue weighted by Gasteiger charge is 2.18. The maximum Gasteiger partial charge on any atom is 0.0532 e. The van der Waals surface area contributed by atoms with Crippen molar-refractivity contribution in [2.45, 2.75) is 39.7 Å². The lowest BCUT2D eigenvalue weighted by atomic mass is 9.93. The molecule has 100 valence electrons. The molecule has 0 saturated heterocycles. The lowest BCUT2D eigenvalue weighted by Gasteiger charge is -2.27. The van der Waals surface area contributed by atoms with Gasteiger partial charge in [0.25, 0.3) is 0 Å². The van der Waals surface area contributed by atoms with Crippen LogP contribution in [0.25, 0.3) is 0 Å². The minimum absolute atomic E-state index is 0.402. The van der Waals surface area contributed by atoms with E-state index in [0.717, 1.165) is 12.8 Å². The van der Waals surface area contributed by atoms with Crippen molar-refractivity contribution in [2.75, 3.05) is 5.32 Å². The summed E-state index contributed by atoms with van der Waals surface area (Å²) in [5.74, 6) is 0. The van der Waals surface area contributed by atoms with Crippen LogP contribution in [0.5, 0.6) is 0 Å². The lowest BCUT2D eigenvalue weighted by molar-refractivity contribution is 0.665. The molecule has 1 aromatic heterocycles. The number of pyridine rings is 1. The molecule has 1 atom stereocenters. The predicted octanol–water partition coefficient (Wildman–Crippen LogP) is 4.52. The van der Waals surface area contributed by atoms with E-state index in [1.54, 1.807) is 0 Å². The number of benzene rings is 1. The molecule has 1 unspecified atom stereocenters. The van der Waals surface area contributed by atoms with Crippen molar-refractivity contribution in [3.8, 4) is 0 Å². The SMILES string of the molecule is CC.Cc1ccc2c(c1)CCC(c1cccnc1)N2. The summed E-state index contributed by atoms with van der Waals surface area (Å²) < 4.78 is 0. The van der Waals surface area contributed by atoms with Gasteiger partial charge in [-0.1, -0.05) is 37.6 Å². The van der Waals surface area contributed by atoms with Gasteiger partial charge in [-0.25, -0.2) is 0 Å². The molecule has 2 heteroatoms. The number of aryl methyl sites for hydroxylation is 2. The van der Waals surface area contributed by atoms with Gasteiger partial charge in [-0.3, -0.25) is 4.98 Å². The van der Waals surface area contributed by atoms with Crippen LogP contribution in [0.4, 0.5) is 5.69 Å². The first kappa shape index (κ1) is 13.6. The molecule has 1 aliphatic heterocycles. The smallest absolute Gasteiger partial charge is 0.0532 e. The molecule has 2 heterocycles. The van der Waals surface area contributed by atoms with Gasteiger partial charge in [-0.2, -0.15) is 0 Å². The van der Waals surface area contributed by atoms with Crippen LogP contribution < -0.4 is 5.32 Å². The van der Waals surface area contributed by atoms with Crippen molar-refractivity contribution in [1.29, 1.82) is 0 Å². The Balaban J connectivity index is 0.000000637. The number of nitrogens with one attached hydrogen (secondary N) is 1. The Kier molecular flexibility index (Phi) is 4.56. The highest BCUT2D eigenvalue weighted by molar-refractivity contribution is 5.56. The van der Waals surface area contributed by atoms with Crippen molar-refractivity contribution in [1.82, 2.24) is 4.98 Å². The fourth-order valence-corrected chi connectivity index (χ4v) is 2.46. The number of fused-ring (bicyclic) bond motifs is 1. The molecule has 0 aliphatic carbocycles. The van der Waals surface area contributed by atoms with Gasteiger partial charge in [0, 0.05) is 18.1 Å². The Morgan fingerprint density at radius 2 is 2.05 bits per heavy atom. The normalized spacial score (nSPS) is 16.7. The Bertz CT molecular complexity index is 520. The zero-order valence-corrected chi connectivity index (χ0v) is 12.0. The molecule has 0 amide bonds. The van der Waals surface area contributed by atoms with Crippen LogP contribution in [-0.2, 0) is 6.42 Å². The average molecular weight is 254 g/mol. The monoisotopic (exact) mass is 254 g/mol. The summed E-state index contributed by atoms with van der Waals surface area (Å²) in [6.45, 7) is 6.15. The zero-order valence-electron chi connectivity index (χ0n) is 12.0. The van der Waals surface area contributed by atoms with Gasteiger partial charge < -0.3 is 5.32 Å². The molecule has 0 radical (unpaired) electrons. The summed E-state index contributed by atoms with van der Waals surface area (Å²) in [7, 11) is 0. The first-order valence-electron chi connectivity index (χ1n) is 7.09. The average Bonchev–Trinajstić information content (AvgIpc) is 2.49. The summed E-state index contributed by atoms with van der Waals surface area (Å²) in [5, 5.41) is 3.60. The molecule has 0 fully saturated rings. The predicted molar refractivity (Wildman–Crippen MR) is 81.4 cm³/mol. The topological polar surface area (TPSA) is 24.9 Å². The number of aromatic nitrogens is 1. The molecule has 1 aromatic carbocycles. The van der Waals surface area contributed by atoms with Crippen LogP contribution in [0.2, 0.25) is 0 Å². The van der Waals surface area contributed by atoms with Crippen LogP contribution >= 0.6 is 0 Å². The second-order valence-electron chi connectivity index (χ2n) is 4.68. The van der Waals surface area contributed by atoms with E-state index in [-0.39, 0.29) is 0 Å². The van der Waals surface area contributed by atoms with Crippen molar-refractivity contribution in [3.63, 3.8) is 0 Å². The molecule has 1 aliphatic rings. The highest BCUT2D eigenvalue weighted by atomic mass is 14.9. The number of nitrogens with zero attached hydrogens (tertiary/aromatic N) is 1. The summed E-state index contributed by atoms with van der Waals surface area (Å²) >= 11 is 0. The minimum atomic E-state index is 0.402. The fraction of sp³-hybridized carbons (Fsp3) is 0.353. The van der Waals surface area contributed by atoms with Gasteiger partial charge in [-0.15, -0.1) is 0 Å². The van der Waals surface area contributed by atoms with Gasteiger partial charge >= 0.3 is 0 Å². The number of hydrogen-bond donors (Lipinski definition) is 1. The molecule has 3 rings (SSSR count). The molecule has 19 heavy (non-hydrogen) atoms. The van der Waals surface area contributed by atoms with Gasteiger partial charge in [-0.05, 0) is 43.0 Å². The lowest BCUT2D eigenvalue weighted by Crippen LogP contribution is -2.18. The number of rotatable bonds is 1. The summed E-state index contributed by atoms with van der Waals surface area (Å²) in [6.07, 6.45) is 6.06. The van der Waals surface area contributed by atoms with Crippen LogP contribution in [0.1, 0.15) is 43.0 Å². The third kappa shape index (κ3) is 3.14. The highest BCUT2D eigenvalue weighted by Crippen LogP contribution is 2.32. The van der Waals surface area contributed by atoms with E-state index in [1.807, 2.05) is 32.3 Å². The molecule has 0 spiro atoms. The van der Waals surface area contributed by atoms with Crippen LogP contribution in [0, 0.1) is 6.92 Å². The van der Waals surface area contributed by atoms with Crippen molar-refractivity contribution in [2.24, 2.45) is 0 Å². The molecule has 1 N–H and O–H groups in total. The Hall–Kier alpha value is -1.83. The van der Waals surface area contributed by atoms with E-state index in [1.165, 1.54) is 22.4 Å². The van der Waals surface area contributed by atoms with E-state index in [2.05, 4.69) is 41.5 Å². The van der Waals surface area contributed by atoms with E-state index in [0.29, 0.717) is 6.04 Å². The quantitative estimate of drug-likeness (QED) is 0.809. The minimum Gasteiger partial charge on any atom is -0.378 e. The van der Waals surface area contributed by atoms with Gasteiger partial charge in [0.1, 0.15) is 0 Å². The van der Waals surface area contributed by atoms with Gasteiger partial charge in [0.2, 0.25) is 0 Å². The van der Waals surface area contributed by atoms with Gasteiger partial charge in [0.15, 0.2) is 0 Å². The maximum absolute atomic E-state index is 4.19. The van der Waals surface area contributed by atoms with Crippen LogP contribution in [-0.4, -0.2) is 4.98 Å². The summed E-state index contributed by atoms with van der Waals surface area (Å²) in [6, 6.07) is 11.2. The fourth-order valence-electron chi connectivity index (χ4n) is 2.46. The zero-order chi connectivity index (χ0) is 13.7. The Labute approximate surface area is 115 Å². The van der Waals surface area contributed by atoms with E-state index in [9.17, 15) is 0 Å². The number of anilines is 1. The van der Waals surface area contributed by atoms with E-state index < -0.39 is 0 Å².